The summed E-state index contributed by atoms with van der Waals surface area (Å²) in [6.07, 6.45) is -2.22. The van der Waals surface area contributed by atoms with Crippen LogP contribution in [0.3, 0.4) is 0 Å². The number of nitrogens with zero attached hydrogens (tertiary/aromatic N) is 1. The number of benzene rings is 3. The van der Waals surface area contributed by atoms with Crippen LogP contribution in [0.2, 0.25) is 0 Å². The number of amides is 1. The summed E-state index contributed by atoms with van der Waals surface area (Å²) in [5, 5.41) is 13.3. The molecule has 184 valence electrons. The largest absolute Gasteiger partial charge is 0.416 e. The van der Waals surface area contributed by atoms with Crippen molar-refractivity contribution in [2.24, 2.45) is 0 Å². The molecule has 1 unspecified atom stereocenters. The summed E-state index contributed by atoms with van der Waals surface area (Å²) < 4.78 is 38.9. The van der Waals surface area contributed by atoms with E-state index in [0.717, 1.165) is 29.0 Å². The van der Waals surface area contributed by atoms with Gasteiger partial charge in [-0.3, -0.25) is 9.78 Å². The van der Waals surface area contributed by atoms with E-state index >= 15 is 0 Å². The van der Waals surface area contributed by atoms with E-state index in [9.17, 15) is 23.1 Å². The quantitative estimate of drug-likeness (QED) is 0.293. The van der Waals surface area contributed by atoms with Gasteiger partial charge in [-0.2, -0.15) is 13.2 Å². The first kappa shape index (κ1) is 25.1. The number of aromatic nitrogens is 1. The average molecular weight is 491 g/mol. The number of anilines is 1. The highest BCUT2D eigenvalue weighted by atomic mass is 19.4. The van der Waals surface area contributed by atoms with Gasteiger partial charge < -0.3 is 10.4 Å². The zero-order valence-corrected chi connectivity index (χ0v) is 19.6. The number of aliphatic hydroxyl groups excluding tert-OH is 1. The number of pyridine rings is 1. The van der Waals surface area contributed by atoms with Crippen LogP contribution >= 0.6 is 0 Å². The minimum absolute atomic E-state index is 0.347. The molecule has 0 saturated heterocycles. The Balaban J connectivity index is 1.47. The number of halogens is 3. The summed E-state index contributed by atoms with van der Waals surface area (Å²) >= 11 is 0. The molecular formula is C29H25F3N2O2. The molecular weight excluding hydrogens is 465 g/mol. The molecule has 36 heavy (non-hydrogen) atoms. The molecule has 0 aliphatic carbocycles. The zero-order valence-electron chi connectivity index (χ0n) is 19.6. The highest BCUT2D eigenvalue weighted by molar-refractivity contribution is 6.08. The number of hydrogen-bond donors (Lipinski definition) is 2. The number of aryl methyl sites for hydroxylation is 2. The summed E-state index contributed by atoms with van der Waals surface area (Å²) in [5.41, 5.74) is 3.72. The number of rotatable bonds is 7. The Labute approximate surface area is 207 Å². The van der Waals surface area contributed by atoms with Crippen LogP contribution in [0, 0.1) is 6.92 Å². The minimum Gasteiger partial charge on any atom is -0.388 e. The molecule has 1 heterocycles. The van der Waals surface area contributed by atoms with Gasteiger partial charge in [-0.05, 0) is 78.9 Å². The summed E-state index contributed by atoms with van der Waals surface area (Å²) in [5.74, 6) is -0.381. The van der Waals surface area contributed by atoms with Crippen molar-refractivity contribution in [1.29, 1.82) is 0 Å². The maximum absolute atomic E-state index is 13.1. The number of nitrogens with one attached hydrogen (secondary N) is 1. The predicted octanol–water partition coefficient (Wildman–Crippen LogP) is 6.99. The highest BCUT2D eigenvalue weighted by Crippen LogP contribution is 2.32. The molecule has 0 saturated carbocycles. The van der Waals surface area contributed by atoms with E-state index < -0.39 is 17.8 Å². The third kappa shape index (κ3) is 6.17. The number of aliphatic hydroxyl groups is 1. The number of carbonyl (C=O) groups excluding carboxylic acids is 1. The van der Waals surface area contributed by atoms with Gasteiger partial charge >= 0.3 is 6.18 Å². The lowest BCUT2D eigenvalue weighted by Gasteiger charge is -2.14. The third-order valence-electron chi connectivity index (χ3n) is 5.90. The molecule has 3 aromatic carbocycles. The number of alkyl halides is 3. The van der Waals surface area contributed by atoms with E-state index in [1.807, 2.05) is 25.1 Å². The normalized spacial score (nSPS) is 12.2. The first-order valence-electron chi connectivity index (χ1n) is 11.5. The molecule has 4 rings (SSSR count). The van der Waals surface area contributed by atoms with Crippen LogP contribution < -0.4 is 5.32 Å². The van der Waals surface area contributed by atoms with E-state index in [0.29, 0.717) is 35.2 Å². The Morgan fingerprint density at radius 2 is 1.69 bits per heavy atom. The molecule has 1 amide bonds. The molecule has 1 atom stereocenters. The van der Waals surface area contributed by atoms with Gasteiger partial charge in [0.2, 0.25) is 0 Å². The van der Waals surface area contributed by atoms with E-state index in [1.54, 1.807) is 48.7 Å². The van der Waals surface area contributed by atoms with Crippen molar-refractivity contribution in [2.45, 2.75) is 32.0 Å². The summed E-state index contributed by atoms with van der Waals surface area (Å²) in [7, 11) is 0. The lowest BCUT2D eigenvalue weighted by molar-refractivity contribution is -0.137. The van der Waals surface area contributed by atoms with Gasteiger partial charge in [-0.1, -0.05) is 48.0 Å². The van der Waals surface area contributed by atoms with Gasteiger partial charge in [0.25, 0.3) is 5.91 Å². The van der Waals surface area contributed by atoms with Crippen LogP contribution in [0.4, 0.5) is 18.9 Å². The smallest absolute Gasteiger partial charge is 0.388 e. The molecule has 0 fully saturated rings. The second-order valence-electron chi connectivity index (χ2n) is 8.58. The van der Waals surface area contributed by atoms with Gasteiger partial charge in [0.15, 0.2) is 0 Å². The topological polar surface area (TPSA) is 62.2 Å². The second-order valence-corrected chi connectivity index (χ2v) is 8.58. The Morgan fingerprint density at radius 1 is 0.972 bits per heavy atom. The van der Waals surface area contributed by atoms with Crippen molar-refractivity contribution in [3.05, 3.63) is 119 Å². The van der Waals surface area contributed by atoms with E-state index in [-0.39, 0.29) is 5.91 Å². The first-order valence-corrected chi connectivity index (χ1v) is 11.5. The minimum atomic E-state index is -4.43. The van der Waals surface area contributed by atoms with E-state index in [4.69, 9.17) is 0 Å². The van der Waals surface area contributed by atoms with Crippen molar-refractivity contribution < 1.29 is 23.1 Å². The third-order valence-corrected chi connectivity index (χ3v) is 5.90. The average Bonchev–Trinajstić information content (AvgIpc) is 2.88. The fourth-order valence-corrected chi connectivity index (χ4v) is 3.92. The number of hydrogen-bond acceptors (Lipinski definition) is 3. The zero-order chi connectivity index (χ0) is 25.7. The van der Waals surface area contributed by atoms with Crippen molar-refractivity contribution in [1.82, 2.24) is 4.98 Å². The van der Waals surface area contributed by atoms with Crippen LogP contribution in [0.15, 0.2) is 91.1 Å². The lowest BCUT2D eigenvalue weighted by Crippen LogP contribution is -2.13. The highest BCUT2D eigenvalue weighted by Gasteiger charge is 2.30. The van der Waals surface area contributed by atoms with Crippen molar-refractivity contribution >= 4 is 11.6 Å². The van der Waals surface area contributed by atoms with Crippen LogP contribution in [0.25, 0.3) is 11.1 Å². The Kier molecular flexibility index (Phi) is 7.50. The molecule has 0 aliphatic heterocycles. The molecule has 7 heteroatoms. The molecule has 4 aromatic rings. The summed E-state index contributed by atoms with van der Waals surface area (Å²) in [6.45, 7) is 1.85. The van der Waals surface area contributed by atoms with Crippen molar-refractivity contribution in [3.8, 4) is 11.1 Å². The standard InChI is InChI=1S/C29H25F3N2O2/c1-19-5-15-25(26(18-19)20-6-10-22(11-7-20)29(30,31)32)28(36)34-24-12-8-21(9-13-24)27(35)16-14-23-4-2-3-17-33-23/h2-13,15,17-18,27,35H,14,16H2,1H3,(H,34,36). The van der Waals surface area contributed by atoms with Gasteiger partial charge in [-0.25, -0.2) is 0 Å². The molecule has 0 radical (unpaired) electrons. The van der Waals surface area contributed by atoms with Gasteiger partial charge in [0, 0.05) is 23.1 Å². The van der Waals surface area contributed by atoms with Crippen LogP contribution in [-0.2, 0) is 12.6 Å². The lowest BCUT2D eigenvalue weighted by atomic mass is 9.96. The molecule has 2 N–H and O–H groups in total. The van der Waals surface area contributed by atoms with E-state index in [2.05, 4.69) is 10.3 Å². The summed E-state index contributed by atoms with van der Waals surface area (Å²) in [4.78, 5) is 17.3. The molecule has 0 aliphatic rings. The van der Waals surface area contributed by atoms with Crippen LogP contribution in [-0.4, -0.2) is 16.0 Å². The molecule has 0 spiro atoms. The van der Waals surface area contributed by atoms with Crippen LogP contribution in [0.1, 0.15) is 45.3 Å². The maximum Gasteiger partial charge on any atom is 0.416 e. The molecule has 4 nitrogen and oxygen atoms in total. The van der Waals surface area contributed by atoms with Gasteiger partial charge in [-0.15, -0.1) is 0 Å². The second kappa shape index (κ2) is 10.7. The first-order chi connectivity index (χ1) is 17.2. The fraction of sp³-hybridized carbons (Fsp3) is 0.172. The Morgan fingerprint density at radius 3 is 2.33 bits per heavy atom. The van der Waals surface area contributed by atoms with Crippen LogP contribution in [0.5, 0.6) is 0 Å². The maximum atomic E-state index is 13.1. The van der Waals surface area contributed by atoms with E-state index in [1.165, 1.54) is 12.1 Å². The summed E-state index contributed by atoms with van der Waals surface area (Å²) in [6, 6.07) is 22.6. The predicted molar refractivity (Wildman–Crippen MR) is 134 cm³/mol. The van der Waals surface area contributed by atoms with Gasteiger partial charge in [0.05, 0.1) is 11.7 Å². The SMILES string of the molecule is Cc1ccc(C(=O)Nc2ccc(C(O)CCc3ccccn3)cc2)c(-c2ccc(C(F)(F)F)cc2)c1. The fourth-order valence-electron chi connectivity index (χ4n) is 3.92. The Bertz CT molecular complexity index is 1320. The molecule has 1 aromatic heterocycles. The Hall–Kier alpha value is -3.97. The monoisotopic (exact) mass is 490 g/mol. The van der Waals surface area contributed by atoms with Gasteiger partial charge in [0.1, 0.15) is 0 Å². The van der Waals surface area contributed by atoms with Crippen molar-refractivity contribution in [2.75, 3.05) is 5.32 Å². The van der Waals surface area contributed by atoms with Crippen molar-refractivity contribution in [3.63, 3.8) is 0 Å². The molecule has 0 bridgehead atoms. The number of carbonyl (C=O) groups is 1.